The zero-order valence-corrected chi connectivity index (χ0v) is 21.8. The van der Waals surface area contributed by atoms with Gasteiger partial charge in [-0.1, -0.05) is 36.4 Å². The van der Waals surface area contributed by atoms with Crippen LogP contribution in [0, 0.1) is 13.8 Å². The minimum atomic E-state index is 0.232. The summed E-state index contributed by atoms with van der Waals surface area (Å²) in [7, 11) is 2.99. The van der Waals surface area contributed by atoms with E-state index in [1.54, 1.807) is 30.3 Å². The van der Waals surface area contributed by atoms with Gasteiger partial charge in [-0.25, -0.2) is 0 Å². The summed E-state index contributed by atoms with van der Waals surface area (Å²) in [5.74, 6) is 1.71. The smallest absolute Gasteiger partial charge is 0.227 e. The average molecular weight is 512 g/mol. The van der Waals surface area contributed by atoms with Crippen LogP contribution >= 0.6 is 0 Å². The Hall–Kier alpha value is -4.65. The fourth-order valence-corrected chi connectivity index (χ4v) is 4.22. The second kappa shape index (κ2) is 12.1. The van der Waals surface area contributed by atoms with E-state index in [1.807, 2.05) is 24.3 Å². The Morgan fingerprint density at radius 3 is 1.89 bits per heavy atom. The molecule has 0 N–H and O–H groups in total. The molecule has 4 rings (SSSR count). The van der Waals surface area contributed by atoms with E-state index in [0.717, 1.165) is 39.7 Å². The van der Waals surface area contributed by atoms with Gasteiger partial charge in [0.2, 0.25) is 11.8 Å². The Labute approximate surface area is 222 Å². The van der Waals surface area contributed by atoms with E-state index in [0.29, 0.717) is 48.0 Å². The summed E-state index contributed by atoms with van der Waals surface area (Å²) in [5.41, 5.74) is 7.33. The van der Waals surface area contributed by atoms with Crippen molar-refractivity contribution >= 4 is 12.6 Å². The standard InChI is InChI=1S/C31H29NO6/c1-20-24(18-37-26-13-11-22(16-33)29(15-26)35-3)7-5-9-27(20)28-10-6-8-25(21(28)2)19-38-30-14-12-23(17-34)31(32-30)36-4/h5-17H,18-19H2,1-4H3. The highest BCUT2D eigenvalue weighted by Gasteiger charge is 2.13. The van der Waals surface area contributed by atoms with E-state index in [-0.39, 0.29) is 5.88 Å². The van der Waals surface area contributed by atoms with Crippen LogP contribution in [0.4, 0.5) is 0 Å². The van der Waals surface area contributed by atoms with Crippen molar-refractivity contribution in [1.29, 1.82) is 0 Å². The van der Waals surface area contributed by atoms with Crippen molar-refractivity contribution in [3.63, 3.8) is 0 Å². The number of benzene rings is 3. The van der Waals surface area contributed by atoms with Gasteiger partial charge in [0.25, 0.3) is 0 Å². The molecule has 0 bridgehead atoms. The zero-order chi connectivity index (χ0) is 27.1. The maximum Gasteiger partial charge on any atom is 0.227 e. The topological polar surface area (TPSA) is 84.0 Å². The Bertz CT molecular complexity index is 1350. The van der Waals surface area contributed by atoms with E-state index in [9.17, 15) is 9.59 Å². The summed E-state index contributed by atoms with van der Waals surface area (Å²) < 4.78 is 22.4. The van der Waals surface area contributed by atoms with E-state index < -0.39 is 0 Å². The number of carbonyl (C=O) groups is 2. The number of ether oxygens (including phenoxy) is 4. The van der Waals surface area contributed by atoms with Crippen molar-refractivity contribution in [2.75, 3.05) is 14.2 Å². The molecule has 3 aromatic carbocycles. The molecule has 38 heavy (non-hydrogen) atoms. The summed E-state index contributed by atoms with van der Waals surface area (Å²) in [6.07, 6.45) is 1.46. The second-order valence-corrected chi connectivity index (χ2v) is 8.64. The van der Waals surface area contributed by atoms with Crippen LogP contribution in [0.3, 0.4) is 0 Å². The molecule has 194 valence electrons. The minimum Gasteiger partial charge on any atom is -0.496 e. The van der Waals surface area contributed by atoms with Crippen LogP contribution in [0.25, 0.3) is 11.1 Å². The highest BCUT2D eigenvalue weighted by Crippen LogP contribution is 2.32. The first-order chi connectivity index (χ1) is 18.5. The molecule has 0 aliphatic rings. The summed E-state index contributed by atoms with van der Waals surface area (Å²) in [6.45, 7) is 4.84. The lowest BCUT2D eigenvalue weighted by Crippen LogP contribution is -2.03. The summed E-state index contributed by atoms with van der Waals surface area (Å²) in [4.78, 5) is 26.5. The van der Waals surface area contributed by atoms with Crippen LogP contribution in [0.15, 0.2) is 66.7 Å². The maximum atomic E-state index is 11.2. The molecular formula is C31H29NO6. The molecule has 0 aliphatic heterocycles. The number of hydrogen-bond donors (Lipinski definition) is 0. The first-order valence-electron chi connectivity index (χ1n) is 12.1. The molecule has 7 heteroatoms. The van der Waals surface area contributed by atoms with E-state index >= 15 is 0 Å². The third kappa shape index (κ3) is 5.67. The highest BCUT2D eigenvalue weighted by molar-refractivity contribution is 5.80. The van der Waals surface area contributed by atoms with Crippen LogP contribution < -0.4 is 18.9 Å². The fraction of sp³-hybridized carbons (Fsp3) is 0.194. The van der Waals surface area contributed by atoms with Gasteiger partial charge >= 0.3 is 0 Å². The largest absolute Gasteiger partial charge is 0.496 e. The molecule has 0 spiro atoms. The Morgan fingerprint density at radius 1 is 0.711 bits per heavy atom. The number of aromatic nitrogens is 1. The van der Waals surface area contributed by atoms with Crippen LogP contribution in [0.5, 0.6) is 23.3 Å². The summed E-state index contributed by atoms with van der Waals surface area (Å²) in [5, 5.41) is 0. The molecule has 0 saturated carbocycles. The molecule has 1 heterocycles. The Morgan fingerprint density at radius 2 is 1.32 bits per heavy atom. The van der Waals surface area contributed by atoms with E-state index in [2.05, 4.69) is 31.0 Å². The van der Waals surface area contributed by atoms with E-state index in [4.69, 9.17) is 18.9 Å². The molecule has 7 nitrogen and oxygen atoms in total. The van der Waals surface area contributed by atoms with Crippen LogP contribution in [0.2, 0.25) is 0 Å². The van der Waals surface area contributed by atoms with Gasteiger partial charge in [-0.2, -0.15) is 4.98 Å². The number of rotatable bonds is 11. The lowest BCUT2D eigenvalue weighted by atomic mass is 9.92. The molecule has 0 amide bonds. The summed E-state index contributed by atoms with van der Waals surface area (Å²) >= 11 is 0. The molecule has 4 aromatic rings. The normalized spacial score (nSPS) is 10.5. The van der Waals surface area contributed by atoms with Gasteiger partial charge in [-0.15, -0.1) is 0 Å². The first-order valence-corrected chi connectivity index (χ1v) is 12.1. The Balaban J connectivity index is 1.53. The quantitative estimate of drug-likeness (QED) is 0.223. The number of aldehydes is 2. The SMILES string of the molecule is COc1cc(OCc2cccc(-c3cccc(COc4ccc(C=O)c(OC)n4)c3C)c2C)ccc1C=O. The second-order valence-electron chi connectivity index (χ2n) is 8.64. The van der Waals surface area contributed by atoms with Gasteiger partial charge in [0.15, 0.2) is 12.6 Å². The van der Waals surface area contributed by atoms with Gasteiger partial charge in [0, 0.05) is 12.1 Å². The number of nitrogens with zero attached hydrogens (tertiary/aromatic N) is 1. The maximum absolute atomic E-state index is 11.2. The van der Waals surface area contributed by atoms with Crippen molar-refractivity contribution in [2.24, 2.45) is 0 Å². The molecule has 1 aromatic heterocycles. The van der Waals surface area contributed by atoms with Crippen molar-refractivity contribution in [3.8, 4) is 34.4 Å². The van der Waals surface area contributed by atoms with Gasteiger partial charge in [-0.3, -0.25) is 9.59 Å². The first kappa shape index (κ1) is 26.4. The van der Waals surface area contributed by atoms with E-state index in [1.165, 1.54) is 14.2 Å². The zero-order valence-electron chi connectivity index (χ0n) is 21.8. The lowest BCUT2D eigenvalue weighted by molar-refractivity contribution is 0.111. The third-order valence-corrected chi connectivity index (χ3v) is 6.47. The minimum absolute atomic E-state index is 0.232. The molecular weight excluding hydrogens is 482 g/mol. The predicted molar refractivity (Wildman–Crippen MR) is 145 cm³/mol. The third-order valence-electron chi connectivity index (χ3n) is 6.47. The Kier molecular flexibility index (Phi) is 8.38. The van der Waals surface area contributed by atoms with Crippen LogP contribution in [0.1, 0.15) is 43.0 Å². The lowest BCUT2D eigenvalue weighted by Gasteiger charge is -2.17. The monoisotopic (exact) mass is 511 g/mol. The predicted octanol–water partition coefficient (Wildman–Crippen LogP) is 6.17. The van der Waals surface area contributed by atoms with Gasteiger partial charge in [0.1, 0.15) is 24.7 Å². The average Bonchev–Trinajstić information content (AvgIpc) is 2.95. The number of hydrogen-bond acceptors (Lipinski definition) is 7. The van der Waals surface area contributed by atoms with Crippen molar-refractivity contribution < 1.29 is 28.5 Å². The van der Waals surface area contributed by atoms with Crippen LogP contribution in [-0.2, 0) is 13.2 Å². The molecule has 0 atom stereocenters. The molecule has 0 fully saturated rings. The molecule has 0 saturated heterocycles. The van der Waals surface area contributed by atoms with Crippen LogP contribution in [-0.4, -0.2) is 31.8 Å². The molecule has 0 unspecified atom stereocenters. The van der Waals surface area contributed by atoms with Gasteiger partial charge in [-0.05, 0) is 65.4 Å². The van der Waals surface area contributed by atoms with Gasteiger partial charge in [0.05, 0.1) is 25.3 Å². The number of pyridine rings is 1. The fourth-order valence-electron chi connectivity index (χ4n) is 4.22. The van der Waals surface area contributed by atoms with Gasteiger partial charge < -0.3 is 18.9 Å². The molecule has 0 radical (unpaired) electrons. The number of carbonyl (C=O) groups excluding carboxylic acids is 2. The number of methoxy groups -OCH3 is 2. The van der Waals surface area contributed by atoms with Crippen molar-refractivity contribution in [3.05, 3.63) is 100 Å². The van der Waals surface area contributed by atoms with Crippen molar-refractivity contribution in [2.45, 2.75) is 27.1 Å². The molecule has 0 aliphatic carbocycles. The highest BCUT2D eigenvalue weighted by atomic mass is 16.5. The summed E-state index contributed by atoms with van der Waals surface area (Å²) in [6, 6.07) is 20.7. The van der Waals surface area contributed by atoms with Crippen molar-refractivity contribution in [1.82, 2.24) is 4.98 Å².